The van der Waals surface area contributed by atoms with Crippen LogP contribution in [0.1, 0.15) is 12.5 Å². The Labute approximate surface area is 128 Å². The molecule has 0 radical (unpaired) electrons. The number of amides is 1. The fraction of sp³-hybridized carbons (Fsp3) is 0.250. The number of aromatic nitrogens is 1. The highest BCUT2D eigenvalue weighted by Gasteiger charge is 2.08. The molecule has 2 rings (SSSR count). The summed E-state index contributed by atoms with van der Waals surface area (Å²) in [5, 5.41) is 2.89. The van der Waals surface area contributed by atoms with Crippen molar-refractivity contribution in [3.05, 3.63) is 48.3 Å². The molecule has 0 saturated heterocycles. The Hall–Kier alpha value is -2.01. The first-order chi connectivity index (χ1) is 10.2. The van der Waals surface area contributed by atoms with Gasteiger partial charge in [0.25, 0.3) is 0 Å². The van der Waals surface area contributed by atoms with Crippen LogP contribution in [-0.2, 0) is 4.79 Å². The van der Waals surface area contributed by atoms with E-state index in [0.717, 1.165) is 10.5 Å². The third-order valence-electron chi connectivity index (χ3n) is 2.73. The van der Waals surface area contributed by atoms with Gasteiger partial charge in [-0.1, -0.05) is 6.07 Å². The van der Waals surface area contributed by atoms with Crippen LogP contribution in [0.25, 0.3) is 0 Å². The van der Waals surface area contributed by atoms with Gasteiger partial charge in [0, 0.05) is 17.3 Å². The van der Waals surface area contributed by atoms with E-state index in [-0.39, 0.29) is 5.91 Å². The molecule has 0 saturated carbocycles. The molecule has 0 unspecified atom stereocenters. The lowest BCUT2D eigenvalue weighted by molar-refractivity contribution is -0.113. The van der Waals surface area contributed by atoms with Gasteiger partial charge in [0.2, 0.25) is 5.91 Å². The van der Waals surface area contributed by atoms with E-state index in [9.17, 15) is 4.79 Å². The SMILES string of the molecule is CCOc1cc(C)ccc1NC(=O)CSc1ccncc1. The molecule has 1 N–H and O–H groups in total. The first-order valence-electron chi connectivity index (χ1n) is 6.75. The zero-order valence-electron chi connectivity index (χ0n) is 12.1. The zero-order valence-corrected chi connectivity index (χ0v) is 12.9. The minimum Gasteiger partial charge on any atom is -0.492 e. The van der Waals surface area contributed by atoms with Crippen molar-refractivity contribution in [1.29, 1.82) is 0 Å². The number of thioether (sulfide) groups is 1. The fourth-order valence-electron chi connectivity index (χ4n) is 1.78. The molecule has 0 atom stereocenters. The Morgan fingerprint density at radius 3 is 2.76 bits per heavy atom. The molecule has 1 heterocycles. The molecule has 0 aliphatic rings. The third-order valence-corrected chi connectivity index (χ3v) is 3.74. The van der Waals surface area contributed by atoms with Crippen LogP contribution < -0.4 is 10.1 Å². The summed E-state index contributed by atoms with van der Waals surface area (Å²) in [7, 11) is 0. The zero-order chi connectivity index (χ0) is 15.1. The van der Waals surface area contributed by atoms with Gasteiger partial charge in [-0.05, 0) is 43.7 Å². The maximum Gasteiger partial charge on any atom is 0.234 e. The van der Waals surface area contributed by atoms with Crippen LogP contribution >= 0.6 is 11.8 Å². The molecule has 0 aliphatic carbocycles. The Kier molecular flexibility index (Phi) is 5.63. The van der Waals surface area contributed by atoms with Crippen molar-refractivity contribution < 1.29 is 9.53 Å². The van der Waals surface area contributed by atoms with Gasteiger partial charge >= 0.3 is 0 Å². The summed E-state index contributed by atoms with van der Waals surface area (Å²) in [6.45, 7) is 4.48. The van der Waals surface area contributed by atoms with Crippen molar-refractivity contribution in [2.45, 2.75) is 18.7 Å². The molecule has 1 aromatic carbocycles. The molecule has 0 bridgehead atoms. The van der Waals surface area contributed by atoms with Crippen molar-refractivity contribution in [1.82, 2.24) is 4.98 Å². The topological polar surface area (TPSA) is 51.2 Å². The highest BCUT2D eigenvalue weighted by Crippen LogP contribution is 2.26. The molecule has 21 heavy (non-hydrogen) atoms. The van der Waals surface area contributed by atoms with Gasteiger partial charge in [-0.15, -0.1) is 11.8 Å². The summed E-state index contributed by atoms with van der Waals surface area (Å²) < 4.78 is 5.55. The molecule has 0 fully saturated rings. The molecule has 2 aromatic rings. The standard InChI is InChI=1S/C16H18N2O2S/c1-3-20-15-10-12(2)4-5-14(15)18-16(19)11-21-13-6-8-17-9-7-13/h4-10H,3,11H2,1-2H3,(H,18,19). The monoisotopic (exact) mass is 302 g/mol. The van der Waals surface area contributed by atoms with Gasteiger partial charge in [0.1, 0.15) is 5.75 Å². The highest BCUT2D eigenvalue weighted by atomic mass is 32.2. The average Bonchev–Trinajstić information content (AvgIpc) is 2.49. The number of pyridine rings is 1. The van der Waals surface area contributed by atoms with E-state index in [4.69, 9.17) is 4.74 Å². The van der Waals surface area contributed by atoms with E-state index in [1.807, 2.05) is 44.2 Å². The van der Waals surface area contributed by atoms with Crippen molar-refractivity contribution >= 4 is 23.4 Å². The van der Waals surface area contributed by atoms with Gasteiger partial charge in [0.15, 0.2) is 0 Å². The fourth-order valence-corrected chi connectivity index (χ4v) is 2.46. The van der Waals surface area contributed by atoms with Gasteiger partial charge in [-0.25, -0.2) is 0 Å². The number of anilines is 1. The van der Waals surface area contributed by atoms with Gasteiger partial charge in [-0.3, -0.25) is 9.78 Å². The van der Waals surface area contributed by atoms with E-state index >= 15 is 0 Å². The van der Waals surface area contributed by atoms with E-state index in [1.54, 1.807) is 12.4 Å². The quantitative estimate of drug-likeness (QED) is 0.830. The predicted molar refractivity (Wildman–Crippen MR) is 85.9 cm³/mol. The summed E-state index contributed by atoms with van der Waals surface area (Å²) in [6.07, 6.45) is 3.43. The maximum absolute atomic E-state index is 12.0. The first kappa shape index (κ1) is 15.4. The molecule has 0 aliphatic heterocycles. The molecule has 1 aromatic heterocycles. The van der Waals surface area contributed by atoms with Gasteiger partial charge in [0.05, 0.1) is 18.0 Å². The van der Waals surface area contributed by atoms with Crippen LogP contribution in [0.3, 0.4) is 0 Å². The lowest BCUT2D eigenvalue weighted by Gasteiger charge is -2.12. The predicted octanol–water partition coefficient (Wildman–Crippen LogP) is 3.52. The average molecular weight is 302 g/mol. The second-order valence-electron chi connectivity index (χ2n) is 4.45. The third kappa shape index (κ3) is 4.79. The Morgan fingerprint density at radius 2 is 2.05 bits per heavy atom. The van der Waals surface area contributed by atoms with E-state index in [2.05, 4.69) is 10.3 Å². The molecule has 4 nitrogen and oxygen atoms in total. The smallest absolute Gasteiger partial charge is 0.234 e. The number of nitrogens with zero attached hydrogens (tertiary/aromatic N) is 1. The summed E-state index contributed by atoms with van der Waals surface area (Å²) in [6, 6.07) is 9.52. The number of benzene rings is 1. The van der Waals surface area contributed by atoms with E-state index in [1.165, 1.54) is 11.8 Å². The van der Waals surface area contributed by atoms with Gasteiger partial charge in [-0.2, -0.15) is 0 Å². The number of hydrogen-bond acceptors (Lipinski definition) is 4. The second kappa shape index (κ2) is 7.69. The maximum atomic E-state index is 12.0. The van der Waals surface area contributed by atoms with Crippen LogP contribution in [0.4, 0.5) is 5.69 Å². The molecule has 5 heteroatoms. The van der Waals surface area contributed by atoms with E-state index < -0.39 is 0 Å². The van der Waals surface area contributed by atoms with Crippen LogP contribution in [0.5, 0.6) is 5.75 Å². The van der Waals surface area contributed by atoms with Gasteiger partial charge < -0.3 is 10.1 Å². The minimum absolute atomic E-state index is 0.0541. The van der Waals surface area contributed by atoms with Crippen molar-refractivity contribution in [3.8, 4) is 5.75 Å². The number of aryl methyl sites for hydroxylation is 1. The number of hydrogen-bond donors (Lipinski definition) is 1. The van der Waals surface area contributed by atoms with Crippen molar-refractivity contribution in [3.63, 3.8) is 0 Å². The molecular weight excluding hydrogens is 284 g/mol. The Morgan fingerprint density at radius 1 is 1.29 bits per heavy atom. The Bertz CT molecular complexity index is 602. The molecule has 0 spiro atoms. The molecule has 1 amide bonds. The number of carbonyl (C=O) groups is 1. The summed E-state index contributed by atoms with van der Waals surface area (Å²) in [4.78, 5) is 17.0. The summed E-state index contributed by atoms with van der Waals surface area (Å²) in [5.41, 5.74) is 1.81. The number of rotatable bonds is 6. The van der Waals surface area contributed by atoms with Crippen molar-refractivity contribution in [2.24, 2.45) is 0 Å². The number of nitrogens with one attached hydrogen (secondary N) is 1. The van der Waals surface area contributed by atoms with Crippen LogP contribution in [0, 0.1) is 6.92 Å². The minimum atomic E-state index is -0.0541. The van der Waals surface area contributed by atoms with E-state index in [0.29, 0.717) is 23.8 Å². The van der Waals surface area contributed by atoms with Crippen LogP contribution in [0.2, 0.25) is 0 Å². The lowest BCUT2D eigenvalue weighted by atomic mass is 10.2. The lowest BCUT2D eigenvalue weighted by Crippen LogP contribution is -2.15. The normalized spacial score (nSPS) is 10.2. The largest absolute Gasteiger partial charge is 0.492 e. The van der Waals surface area contributed by atoms with Crippen LogP contribution in [0.15, 0.2) is 47.6 Å². The summed E-state index contributed by atoms with van der Waals surface area (Å²) >= 11 is 1.48. The number of ether oxygens (including phenoxy) is 1. The Balaban J connectivity index is 1.96. The molecule has 110 valence electrons. The van der Waals surface area contributed by atoms with Crippen molar-refractivity contribution in [2.75, 3.05) is 17.7 Å². The molecular formula is C16H18N2O2S. The second-order valence-corrected chi connectivity index (χ2v) is 5.50. The summed E-state index contributed by atoms with van der Waals surface area (Å²) in [5.74, 6) is 1.00. The van der Waals surface area contributed by atoms with Crippen LogP contribution in [-0.4, -0.2) is 23.3 Å². The highest BCUT2D eigenvalue weighted by molar-refractivity contribution is 8.00. The number of carbonyl (C=O) groups excluding carboxylic acids is 1. The first-order valence-corrected chi connectivity index (χ1v) is 7.73.